The summed E-state index contributed by atoms with van der Waals surface area (Å²) in [6.07, 6.45) is 1.91. The molecule has 0 atom stereocenters. The molecule has 3 nitrogen and oxygen atoms in total. The van der Waals surface area contributed by atoms with Gasteiger partial charge in [-0.15, -0.1) is 0 Å². The lowest BCUT2D eigenvalue weighted by Gasteiger charge is -2.22. The second-order valence-electron chi connectivity index (χ2n) is 6.99. The monoisotopic (exact) mass is 448 g/mol. The number of aryl methyl sites for hydroxylation is 1. The summed E-state index contributed by atoms with van der Waals surface area (Å²) in [6, 6.07) is 24.1. The zero-order chi connectivity index (χ0) is 20.2. The topological polar surface area (TPSA) is 35.5 Å². The number of fused-ring (bicyclic) bond motifs is 1. The molecule has 1 aliphatic rings. The van der Waals surface area contributed by atoms with Gasteiger partial charge in [0.05, 0.1) is 0 Å². The highest BCUT2D eigenvalue weighted by Crippen LogP contribution is 2.40. The first-order chi connectivity index (χ1) is 14.1. The Hall–Kier alpha value is -2.85. The molecule has 146 valence electrons. The Morgan fingerprint density at radius 3 is 2.38 bits per heavy atom. The first-order valence-corrected chi connectivity index (χ1v) is 10.4. The first kappa shape index (κ1) is 19.5. The number of esters is 1. The number of carbonyl (C=O) groups is 1. The number of allylic oxidation sites excluding steroid dienone is 1. The first-order valence-electron chi connectivity index (χ1n) is 9.57. The molecule has 0 saturated heterocycles. The van der Waals surface area contributed by atoms with E-state index in [4.69, 9.17) is 9.47 Å². The molecule has 0 radical (unpaired) electrons. The summed E-state index contributed by atoms with van der Waals surface area (Å²) in [5.41, 5.74) is 5.90. The molecule has 0 aromatic heterocycles. The third kappa shape index (κ3) is 4.60. The Balaban J connectivity index is 1.57. The number of halogens is 1. The van der Waals surface area contributed by atoms with Crippen LogP contribution in [0.4, 0.5) is 0 Å². The number of ether oxygens (including phenoxy) is 2. The normalized spacial score (nSPS) is 13.0. The van der Waals surface area contributed by atoms with E-state index in [9.17, 15) is 4.79 Å². The highest BCUT2D eigenvalue weighted by Gasteiger charge is 2.20. The molecule has 0 fully saturated rings. The summed E-state index contributed by atoms with van der Waals surface area (Å²) in [4.78, 5) is 11.1. The van der Waals surface area contributed by atoms with Gasteiger partial charge in [0.2, 0.25) is 0 Å². The van der Waals surface area contributed by atoms with Crippen molar-refractivity contribution in [3.05, 3.63) is 99.5 Å². The van der Waals surface area contributed by atoms with Crippen molar-refractivity contribution in [1.82, 2.24) is 0 Å². The maximum Gasteiger partial charge on any atom is 0.308 e. The molecule has 3 aromatic carbocycles. The number of hydrogen-bond acceptors (Lipinski definition) is 3. The maximum atomic E-state index is 11.1. The van der Waals surface area contributed by atoms with Crippen molar-refractivity contribution in [2.24, 2.45) is 0 Å². The van der Waals surface area contributed by atoms with Crippen LogP contribution >= 0.6 is 15.9 Å². The Morgan fingerprint density at radius 2 is 1.66 bits per heavy atom. The van der Waals surface area contributed by atoms with E-state index in [0.29, 0.717) is 12.4 Å². The molecule has 0 spiro atoms. The minimum absolute atomic E-state index is 0.316. The summed E-state index contributed by atoms with van der Waals surface area (Å²) in [5, 5.41) is 0. The second-order valence-corrected chi connectivity index (χ2v) is 7.95. The van der Waals surface area contributed by atoms with Crippen molar-refractivity contribution in [3.8, 4) is 11.5 Å². The van der Waals surface area contributed by atoms with E-state index >= 15 is 0 Å². The quantitative estimate of drug-likeness (QED) is 0.339. The van der Waals surface area contributed by atoms with Crippen LogP contribution in [0.25, 0.3) is 5.57 Å². The van der Waals surface area contributed by atoms with Crippen molar-refractivity contribution in [1.29, 1.82) is 0 Å². The van der Waals surface area contributed by atoms with Crippen molar-refractivity contribution in [2.45, 2.75) is 26.4 Å². The molecule has 0 bridgehead atoms. The van der Waals surface area contributed by atoms with Crippen molar-refractivity contribution in [2.75, 3.05) is 0 Å². The lowest BCUT2D eigenvalue weighted by molar-refractivity contribution is -0.131. The average Bonchev–Trinajstić information content (AvgIpc) is 2.73. The number of rotatable bonds is 5. The lowest BCUT2D eigenvalue weighted by Crippen LogP contribution is -2.05. The molecular formula is C25H21BrO3. The molecule has 0 unspecified atom stereocenters. The number of hydrogen-bond donors (Lipinski definition) is 0. The molecule has 3 aromatic rings. The Bertz CT molecular complexity index is 1050. The summed E-state index contributed by atoms with van der Waals surface area (Å²) in [7, 11) is 0. The largest absolute Gasteiger partial charge is 0.489 e. The van der Waals surface area contributed by atoms with Crippen molar-refractivity contribution >= 4 is 27.5 Å². The van der Waals surface area contributed by atoms with Gasteiger partial charge in [0.1, 0.15) is 18.1 Å². The van der Waals surface area contributed by atoms with Crippen LogP contribution < -0.4 is 9.47 Å². The summed E-state index contributed by atoms with van der Waals surface area (Å²) < 4.78 is 12.3. The van der Waals surface area contributed by atoms with Gasteiger partial charge in [-0.25, -0.2) is 0 Å². The molecule has 29 heavy (non-hydrogen) atoms. The highest BCUT2D eigenvalue weighted by molar-refractivity contribution is 9.11. The van der Waals surface area contributed by atoms with Gasteiger partial charge in [-0.05, 0) is 64.9 Å². The fraction of sp³-hybridized carbons (Fsp3) is 0.160. The molecule has 1 aliphatic carbocycles. The molecule has 0 N–H and O–H groups in total. The third-order valence-electron chi connectivity index (χ3n) is 4.88. The standard InChI is InChI=1S/C25H21BrO3/c1-17(27)29-21-10-7-19(8-11-21)25-23-13-12-22(15-20(23)9-14-24(25)26)28-16-18-5-3-2-4-6-18/h2-8,10-13,15H,9,14,16H2,1H3. The Morgan fingerprint density at radius 1 is 0.931 bits per heavy atom. The average molecular weight is 449 g/mol. The second kappa shape index (κ2) is 8.66. The van der Waals surface area contributed by atoms with E-state index in [0.717, 1.165) is 29.7 Å². The van der Waals surface area contributed by atoms with E-state index < -0.39 is 0 Å². The highest BCUT2D eigenvalue weighted by atomic mass is 79.9. The van der Waals surface area contributed by atoms with Crippen LogP contribution in [-0.2, 0) is 17.8 Å². The SMILES string of the molecule is CC(=O)Oc1ccc(C2=C(Br)CCc3cc(OCc4ccccc4)ccc32)cc1. The van der Waals surface area contributed by atoms with Crippen LogP contribution in [0, 0.1) is 0 Å². The fourth-order valence-corrected chi connectivity index (χ4v) is 4.18. The molecule has 0 heterocycles. The predicted molar refractivity (Wildman–Crippen MR) is 118 cm³/mol. The zero-order valence-corrected chi connectivity index (χ0v) is 17.7. The van der Waals surface area contributed by atoms with E-state index in [-0.39, 0.29) is 5.97 Å². The lowest BCUT2D eigenvalue weighted by atomic mass is 9.87. The summed E-state index contributed by atoms with van der Waals surface area (Å²) >= 11 is 3.76. The van der Waals surface area contributed by atoms with Gasteiger partial charge in [0.25, 0.3) is 0 Å². The minimum Gasteiger partial charge on any atom is -0.489 e. The van der Waals surface area contributed by atoms with Crippen LogP contribution in [0.3, 0.4) is 0 Å². The fourth-order valence-electron chi connectivity index (χ4n) is 3.53. The van der Waals surface area contributed by atoms with E-state index in [1.165, 1.54) is 28.1 Å². The third-order valence-corrected chi connectivity index (χ3v) is 5.68. The van der Waals surface area contributed by atoms with Gasteiger partial charge >= 0.3 is 5.97 Å². The van der Waals surface area contributed by atoms with E-state index in [1.54, 1.807) is 0 Å². The van der Waals surface area contributed by atoms with E-state index in [1.807, 2.05) is 48.5 Å². The molecule has 0 saturated carbocycles. The predicted octanol–water partition coefficient (Wildman–Crippen LogP) is 6.29. The Kier molecular flexibility index (Phi) is 5.81. The minimum atomic E-state index is -0.316. The molecule has 4 rings (SSSR count). The molecule has 0 amide bonds. The van der Waals surface area contributed by atoms with Crippen LogP contribution in [0.5, 0.6) is 11.5 Å². The van der Waals surface area contributed by atoms with Crippen molar-refractivity contribution < 1.29 is 14.3 Å². The number of benzene rings is 3. The Labute approximate surface area is 179 Å². The van der Waals surface area contributed by atoms with Crippen LogP contribution in [0.1, 0.15) is 35.6 Å². The van der Waals surface area contributed by atoms with Gasteiger partial charge in [-0.3, -0.25) is 4.79 Å². The van der Waals surface area contributed by atoms with Gasteiger partial charge in [0, 0.05) is 11.4 Å². The molecular weight excluding hydrogens is 428 g/mol. The van der Waals surface area contributed by atoms with Gasteiger partial charge in [-0.2, -0.15) is 0 Å². The maximum absolute atomic E-state index is 11.1. The zero-order valence-electron chi connectivity index (χ0n) is 16.2. The smallest absolute Gasteiger partial charge is 0.308 e. The van der Waals surface area contributed by atoms with E-state index in [2.05, 4.69) is 40.2 Å². The van der Waals surface area contributed by atoms with Crippen LogP contribution in [-0.4, -0.2) is 5.97 Å². The van der Waals surface area contributed by atoms with Gasteiger partial charge in [-0.1, -0.05) is 64.5 Å². The molecule has 4 heteroatoms. The van der Waals surface area contributed by atoms with Gasteiger partial charge in [0.15, 0.2) is 0 Å². The summed E-state index contributed by atoms with van der Waals surface area (Å²) in [5.74, 6) is 1.12. The summed E-state index contributed by atoms with van der Waals surface area (Å²) in [6.45, 7) is 1.96. The van der Waals surface area contributed by atoms with Crippen LogP contribution in [0.2, 0.25) is 0 Å². The molecule has 0 aliphatic heterocycles. The number of carbonyl (C=O) groups excluding carboxylic acids is 1. The van der Waals surface area contributed by atoms with Crippen molar-refractivity contribution in [3.63, 3.8) is 0 Å². The van der Waals surface area contributed by atoms with Crippen LogP contribution in [0.15, 0.2) is 77.3 Å². The van der Waals surface area contributed by atoms with Gasteiger partial charge < -0.3 is 9.47 Å².